The lowest BCUT2D eigenvalue weighted by molar-refractivity contribution is -0.138. The molecule has 0 aliphatic heterocycles. The van der Waals surface area contributed by atoms with Gasteiger partial charge in [-0.05, 0) is 30.2 Å². The molecular formula is C11H12FN3O3. The summed E-state index contributed by atoms with van der Waals surface area (Å²) in [6.45, 7) is 1.64. The van der Waals surface area contributed by atoms with Gasteiger partial charge in [0.25, 0.3) is 0 Å². The van der Waals surface area contributed by atoms with Crippen LogP contribution >= 0.6 is 0 Å². The van der Waals surface area contributed by atoms with E-state index in [2.05, 4.69) is 10.0 Å². The molecule has 1 aromatic rings. The molecule has 1 N–H and O–H groups in total. The van der Waals surface area contributed by atoms with Gasteiger partial charge in [-0.25, -0.2) is 4.39 Å². The Hall–Kier alpha value is -2.27. The fourth-order valence-electron chi connectivity index (χ4n) is 1.29. The highest BCUT2D eigenvalue weighted by Crippen LogP contribution is 2.23. The maximum atomic E-state index is 13.6. The zero-order chi connectivity index (χ0) is 13.5. The molecule has 0 aromatic heterocycles. The first-order valence-electron chi connectivity index (χ1n) is 5.22. The average molecular weight is 253 g/mol. The number of ether oxygens (including phenoxy) is 1. The van der Waals surface area contributed by atoms with Crippen LogP contribution in [-0.2, 0) is 4.79 Å². The van der Waals surface area contributed by atoms with Gasteiger partial charge in [-0.15, -0.1) is 0 Å². The number of azide groups is 1. The number of benzene rings is 1. The predicted molar refractivity (Wildman–Crippen MR) is 62.0 cm³/mol. The highest BCUT2D eigenvalue weighted by Gasteiger charge is 2.15. The van der Waals surface area contributed by atoms with Crippen molar-refractivity contribution in [3.63, 3.8) is 0 Å². The van der Waals surface area contributed by atoms with E-state index >= 15 is 0 Å². The number of aliphatic carboxylic acids is 1. The van der Waals surface area contributed by atoms with Gasteiger partial charge in [0.05, 0.1) is 19.1 Å². The van der Waals surface area contributed by atoms with Crippen molar-refractivity contribution in [2.45, 2.75) is 12.8 Å². The number of hydrogen-bond donors (Lipinski definition) is 1. The summed E-state index contributed by atoms with van der Waals surface area (Å²) in [6, 6.07) is 3.98. The van der Waals surface area contributed by atoms with Crippen molar-refractivity contribution in [2.24, 2.45) is 5.11 Å². The standard InChI is InChI=1S/C11H12FN3O3/c1-7(11(16)17)8-2-3-10(9(12)6-8)18-5-4-14-15-13/h2-3,6-7H,4-5H2,1H3,(H,16,17). The first-order chi connectivity index (χ1) is 8.56. The molecule has 1 atom stereocenters. The molecule has 0 amide bonds. The Kier molecular flexibility index (Phi) is 4.95. The largest absolute Gasteiger partial charge is 0.490 e. The van der Waals surface area contributed by atoms with E-state index in [1.165, 1.54) is 19.1 Å². The Balaban J connectivity index is 2.73. The fourth-order valence-corrected chi connectivity index (χ4v) is 1.29. The van der Waals surface area contributed by atoms with Crippen molar-refractivity contribution in [1.29, 1.82) is 0 Å². The normalized spacial score (nSPS) is 11.4. The highest BCUT2D eigenvalue weighted by atomic mass is 19.1. The van der Waals surface area contributed by atoms with E-state index in [0.29, 0.717) is 5.56 Å². The van der Waals surface area contributed by atoms with Crippen molar-refractivity contribution in [1.82, 2.24) is 0 Å². The van der Waals surface area contributed by atoms with Gasteiger partial charge in [0.2, 0.25) is 0 Å². The van der Waals surface area contributed by atoms with Gasteiger partial charge in [0.15, 0.2) is 11.6 Å². The predicted octanol–water partition coefficient (Wildman–Crippen LogP) is 2.70. The molecule has 96 valence electrons. The van der Waals surface area contributed by atoms with Crippen LogP contribution in [0.25, 0.3) is 10.4 Å². The third kappa shape index (κ3) is 3.64. The summed E-state index contributed by atoms with van der Waals surface area (Å²) >= 11 is 0. The second-order valence-electron chi connectivity index (χ2n) is 3.55. The Morgan fingerprint density at radius 3 is 2.94 bits per heavy atom. The maximum absolute atomic E-state index is 13.6. The number of carboxylic acid groups (broad SMARTS) is 1. The van der Waals surface area contributed by atoms with E-state index < -0.39 is 17.7 Å². The number of rotatable bonds is 6. The molecular weight excluding hydrogens is 241 g/mol. The molecule has 7 heteroatoms. The summed E-state index contributed by atoms with van der Waals surface area (Å²) in [5, 5.41) is 12.0. The third-order valence-corrected chi connectivity index (χ3v) is 2.34. The molecule has 0 saturated carbocycles. The van der Waals surface area contributed by atoms with E-state index in [-0.39, 0.29) is 18.9 Å². The van der Waals surface area contributed by atoms with Crippen molar-refractivity contribution in [3.05, 3.63) is 40.0 Å². The number of hydrogen-bond acceptors (Lipinski definition) is 3. The molecule has 1 aromatic carbocycles. The summed E-state index contributed by atoms with van der Waals surface area (Å²) in [6.07, 6.45) is 0. The molecule has 6 nitrogen and oxygen atoms in total. The minimum atomic E-state index is -1.02. The molecule has 0 spiro atoms. The Morgan fingerprint density at radius 1 is 1.67 bits per heavy atom. The lowest BCUT2D eigenvalue weighted by atomic mass is 10.0. The van der Waals surface area contributed by atoms with Crippen molar-refractivity contribution >= 4 is 5.97 Å². The van der Waals surface area contributed by atoms with Crippen LogP contribution in [0.1, 0.15) is 18.4 Å². The lowest BCUT2D eigenvalue weighted by Crippen LogP contribution is -2.08. The number of halogens is 1. The Labute approximate surface area is 103 Å². The van der Waals surface area contributed by atoms with E-state index in [1.54, 1.807) is 0 Å². The summed E-state index contributed by atoms with van der Waals surface area (Å²) in [4.78, 5) is 13.3. The second kappa shape index (κ2) is 6.46. The minimum Gasteiger partial charge on any atom is -0.490 e. The molecule has 0 heterocycles. The highest BCUT2D eigenvalue weighted by molar-refractivity contribution is 5.75. The molecule has 0 aliphatic rings. The molecule has 18 heavy (non-hydrogen) atoms. The fraction of sp³-hybridized carbons (Fsp3) is 0.364. The zero-order valence-electron chi connectivity index (χ0n) is 9.71. The summed E-state index contributed by atoms with van der Waals surface area (Å²) in [5.41, 5.74) is 8.40. The van der Waals surface area contributed by atoms with Gasteiger partial charge in [-0.3, -0.25) is 4.79 Å². The smallest absolute Gasteiger partial charge is 0.310 e. The molecule has 0 radical (unpaired) electrons. The first kappa shape index (κ1) is 13.8. The Bertz CT molecular complexity index is 486. The molecule has 0 bridgehead atoms. The van der Waals surface area contributed by atoms with Crippen molar-refractivity contribution < 1.29 is 19.0 Å². The molecule has 0 aliphatic carbocycles. The first-order valence-corrected chi connectivity index (χ1v) is 5.22. The summed E-state index contributed by atoms with van der Waals surface area (Å²) in [5.74, 6) is -2.44. The Morgan fingerprint density at radius 2 is 2.39 bits per heavy atom. The SMILES string of the molecule is CC(C(=O)O)c1ccc(OCCN=[N+]=[N-])c(F)c1. The van der Waals surface area contributed by atoms with E-state index in [1.807, 2.05) is 0 Å². The van der Waals surface area contributed by atoms with Gasteiger partial charge >= 0.3 is 5.97 Å². The van der Waals surface area contributed by atoms with Crippen molar-refractivity contribution in [3.8, 4) is 5.75 Å². The van der Waals surface area contributed by atoms with Crippen LogP contribution in [0.2, 0.25) is 0 Å². The van der Waals surface area contributed by atoms with Crippen LogP contribution in [0.3, 0.4) is 0 Å². The molecule has 1 unspecified atom stereocenters. The number of carbonyl (C=O) groups is 1. The van der Waals surface area contributed by atoms with Crippen LogP contribution in [-0.4, -0.2) is 24.2 Å². The average Bonchev–Trinajstić information content (AvgIpc) is 2.35. The second-order valence-corrected chi connectivity index (χ2v) is 3.55. The van der Waals surface area contributed by atoms with Crippen LogP contribution in [0.15, 0.2) is 23.3 Å². The van der Waals surface area contributed by atoms with Gasteiger partial charge in [-0.1, -0.05) is 11.2 Å². The number of nitrogens with zero attached hydrogens (tertiary/aromatic N) is 3. The van der Waals surface area contributed by atoms with E-state index in [0.717, 1.165) is 6.07 Å². The monoisotopic (exact) mass is 253 g/mol. The molecule has 0 saturated heterocycles. The zero-order valence-corrected chi connectivity index (χ0v) is 9.71. The topological polar surface area (TPSA) is 95.3 Å². The maximum Gasteiger partial charge on any atom is 0.310 e. The molecule has 0 fully saturated rings. The number of carboxylic acids is 1. The van der Waals surface area contributed by atoms with Crippen LogP contribution in [0.5, 0.6) is 5.75 Å². The van der Waals surface area contributed by atoms with Crippen LogP contribution < -0.4 is 4.74 Å². The van der Waals surface area contributed by atoms with Crippen LogP contribution in [0, 0.1) is 5.82 Å². The van der Waals surface area contributed by atoms with Crippen molar-refractivity contribution in [2.75, 3.05) is 13.2 Å². The summed E-state index contributed by atoms with van der Waals surface area (Å²) in [7, 11) is 0. The van der Waals surface area contributed by atoms with Crippen LogP contribution in [0.4, 0.5) is 4.39 Å². The lowest BCUT2D eigenvalue weighted by Gasteiger charge is -2.10. The third-order valence-electron chi connectivity index (χ3n) is 2.34. The quantitative estimate of drug-likeness (QED) is 0.365. The minimum absolute atomic E-state index is 0.00415. The van der Waals surface area contributed by atoms with Gasteiger partial charge in [-0.2, -0.15) is 0 Å². The van der Waals surface area contributed by atoms with Gasteiger partial charge in [0, 0.05) is 4.91 Å². The van der Waals surface area contributed by atoms with E-state index in [4.69, 9.17) is 15.4 Å². The molecule has 1 rings (SSSR count). The van der Waals surface area contributed by atoms with Gasteiger partial charge < -0.3 is 9.84 Å². The summed E-state index contributed by atoms with van der Waals surface area (Å²) < 4.78 is 18.6. The van der Waals surface area contributed by atoms with Gasteiger partial charge in [0.1, 0.15) is 0 Å². The van der Waals surface area contributed by atoms with E-state index in [9.17, 15) is 9.18 Å².